The monoisotopic (exact) mass is 377 g/mol. The van der Waals surface area contributed by atoms with Gasteiger partial charge >= 0.3 is 0 Å². The van der Waals surface area contributed by atoms with Gasteiger partial charge in [0.05, 0.1) is 19.8 Å². The predicted octanol–water partition coefficient (Wildman–Crippen LogP) is 3.93. The van der Waals surface area contributed by atoms with Gasteiger partial charge in [0.2, 0.25) is 0 Å². The lowest BCUT2D eigenvalue weighted by atomic mass is 10.1. The van der Waals surface area contributed by atoms with E-state index in [0.717, 1.165) is 31.7 Å². The lowest BCUT2D eigenvalue weighted by Crippen LogP contribution is -2.10. The maximum Gasteiger partial charge on any atom is 0.0761 e. The summed E-state index contributed by atoms with van der Waals surface area (Å²) in [7, 11) is 0. The summed E-state index contributed by atoms with van der Waals surface area (Å²) in [6, 6.07) is 1.92. The molecular formula is C11H13Br2N3S. The first-order chi connectivity index (χ1) is 8.11. The Morgan fingerprint density at radius 3 is 2.88 bits per heavy atom. The maximum absolute atomic E-state index is 6.24. The van der Waals surface area contributed by atoms with Crippen molar-refractivity contribution in [2.75, 3.05) is 0 Å². The first-order valence-electron chi connectivity index (χ1n) is 5.34. The molecule has 17 heavy (non-hydrogen) atoms. The van der Waals surface area contributed by atoms with E-state index in [-0.39, 0.29) is 6.04 Å². The fourth-order valence-electron chi connectivity index (χ4n) is 1.64. The van der Waals surface area contributed by atoms with Crippen LogP contribution in [-0.2, 0) is 6.54 Å². The Bertz CT molecular complexity index is 507. The van der Waals surface area contributed by atoms with Gasteiger partial charge in [-0.25, -0.2) is 0 Å². The summed E-state index contributed by atoms with van der Waals surface area (Å²) in [6.45, 7) is 3.06. The Morgan fingerprint density at radius 2 is 2.29 bits per heavy atom. The van der Waals surface area contributed by atoms with Crippen molar-refractivity contribution >= 4 is 43.2 Å². The molecule has 1 unspecified atom stereocenters. The predicted molar refractivity (Wildman–Crippen MR) is 78.3 cm³/mol. The van der Waals surface area contributed by atoms with Crippen molar-refractivity contribution < 1.29 is 0 Å². The molecule has 0 saturated heterocycles. The van der Waals surface area contributed by atoms with Gasteiger partial charge in [0, 0.05) is 18.3 Å². The average Bonchev–Trinajstić information content (AvgIpc) is 2.85. The molecule has 0 aliphatic rings. The first kappa shape index (κ1) is 13.3. The van der Waals surface area contributed by atoms with Crippen LogP contribution in [0.2, 0.25) is 0 Å². The molecule has 0 aliphatic heterocycles. The van der Waals surface area contributed by atoms with E-state index in [2.05, 4.69) is 49.9 Å². The molecule has 0 radical (unpaired) electrons. The van der Waals surface area contributed by atoms with Crippen LogP contribution in [0.4, 0.5) is 0 Å². The van der Waals surface area contributed by atoms with Gasteiger partial charge in [-0.3, -0.25) is 4.68 Å². The number of aryl methyl sites for hydroxylation is 1. The first-order valence-corrected chi connectivity index (χ1v) is 7.74. The van der Waals surface area contributed by atoms with Crippen LogP contribution in [0.5, 0.6) is 0 Å². The van der Waals surface area contributed by atoms with Crippen LogP contribution in [0.3, 0.4) is 0 Å². The van der Waals surface area contributed by atoms with Crippen LogP contribution in [0.1, 0.15) is 30.5 Å². The highest BCUT2D eigenvalue weighted by molar-refractivity contribution is 9.12. The summed E-state index contributed by atoms with van der Waals surface area (Å²) in [5, 5.41) is 4.30. The molecule has 1 atom stereocenters. The summed E-state index contributed by atoms with van der Waals surface area (Å²) >= 11 is 8.64. The Morgan fingerprint density at radius 1 is 1.53 bits per heavy atom. The van der Waals surface area contributed by atoms with E-state index in [9.17, 15) is 0 Å². The fraction of sp³-hybridized carbons (Fsp3) is 0.364. The third-order valence-electron chi connectivity index (χ3n) is 2.48. The smallest absolute Gasteiger partial charge is 0.0761 e. The molecule has 0 spiro atoms. The second-order valence-electron chi connectivity index (χ2n) is 3.79. The zero-order valence-electron chi connectivity index (χ0n) is 9.36. The van der Waals surface area contributed by atoms with E-state index < -0.39 is 0 Å². The van der Waals surface area contributed by atoms with Gasteiger partial charge in [0.1, 0.15) is 0 Å². The Hall–Kier alpha value is -0.170. The SMILES string of the molecule is CCCn1cc(C(N)c2cc(Br)sc2Br)cn1. The van der Waals surface area contributed by atoms with Crippen LogP contribution >= 0.6 is 43.2 Å². The second kappa shape index (κ2) is 5.65. The molecule has 2 N–H and O–H groups in total. The van der Waals surface area contributed by atoms with Crippen molar-refractivity contribution in [2.45, 2.75) is 25.9 Å². The molecule has 0 aliphatic carbocycles. The number of hydrogen-bond acceptors (Lipinski definition) is 3. The molecule has 0 amide bonds. The van der Waals surface area contributed by atoms with Crippen LogP contribution in [0, 0.1) is 0 Å². The Labute approximate surface area is 121 Å². The van der Waals surface area contributed by atoms with Crippen LogP contribution in [-0.4, -0.2) is 9.78 Å². The highest BCUT2D eigenvalue weighted by Crippen LogP contribution is 2.36. The molecule has 2 aromatic heterocycles. The molecule has 0 bridgehead atoms. The molecule has 92 valence electrons. The Balaban J connectivity index is 2.24. The summed E-state index contributed by atoms with van der Waals surface area (Å²) in [5.74, 6) is 0. The Kier molecular flexibility index (Phi) is 4.41. The summed E-state index contributed by atoms with van der Waals surface area (Å²) < 4.78 is 4.08. The molecule has 2 heterocycles. The number of nitrogens with zero attached hydrogens (tertiary/aromatic N) is 2. The largest absolute Gasteiger partial charge is 0.320 e. The minimum atomic E-state index is -0.127. The zero-order valence-corrected chi connectivity index (χ0v) is 13.3. The summed E-state index contributed by atoms with van der Waals surface area (Å²) in [5.41, 5.74) is 8.38. The number of thiophene rings is 1. The van der Waals surface area contributed by atoms with Crippen molar-refractivity contribution in [1.29, 1.82) is 0 Å². The van der Waals surface area contributed by atoms with E-state index in [1.165, 1.54) is 0 Å². The van der Waals surface area contributed by atoms with Crippen LogP contribution in [0.15, 0.2) is 26.0 Å². The number of hydrogen-bond donors (Lipinski definition) is 1. The van der Waals surface area contributed by atoms with Gasteiger partial charge in [0.15, 0.2) is 0 Å². The van der Waals surface area contributed by atoms with E-state index in [0.29, 0.717) is 0 Å². The van der Waals surface area contributed by atoms with Gasteiger partial charge < -0.3 is 5.73 Å². The minimum Gasteiger partial charge on any atom is -0.320 e. The minimum absolute atomic E-state index is 0.127. The fourth-order valence-corrected chi connectivity index (χ4v) is 4.57. The lowest BCUT2D eigenvalue weighted by Gasteiger charge is -2.07. The molecular weight excluding hydrogens is 366 g/mol. The van der Waals surface area contributed by atoms with Crippen molar-refractivity contribution in [3.05, 3.63) is 37.2 Å². The lowest BCUT2D eigenvalue weighted by molar-refractivity contribution is 0.602. The van der Waals surface area contributed by atoms with Crippen molar-refractivity contribution in [2.24, 2.45) is 5.73 Å². The van der Waals surface area contributed by atoms with Gasteiger partial charge in [-0.1, -0.05) is 6.92 Å². The van der Waals surface area contributed by atoms with Gasteiger partial charge in [-0.2, -0.15) is 5.10 Å². The van der Waals surface area contributed by atoms with Gasteiger partial charge in [-0.15, -0.1) is 11.3 Å². The van der Waals surface area contributed by atoms with Crippen LogP contribution < -0.4 is 5.73 Å². The standard InChI is InChI=1S/C11H13Br2N3S/c1-2-3-16-6-7(5-15-16)10(14)8-4-9(12)17-11(8)13/h4-6,10H,2-3,14H2,1H3. The maximum atomic E-state index is 6.24. The van der Waals surface area contributed by atoms with Crippen molar-refractivity contribution in [3.8, 4) is 0 Å². The van der Waals surface area contributed by atoms with Crippen LogP contribution in [0.25, 0.3) is 0 Å². The number of rotatable bonds is 4. The molecule has 0 aromatic carbocycles. The number of nitrogens with two attached hydrogens (primary N) is 1. The number of halogens is 2. The summed E-state index contributed by atoms with van der Waals surface area (Å²) in [4.78, 5) is 0. The molecule has 2 aromatic rings. The van der Waals surface area contributed by atoms with E-state index in [1.807, 2.05) is 17.1 Å². The number of aromatic nitrogens is 2. The summed E-state index contributed by atoms with van der Waals surface area (Å²) in [6.07, 6.45) is 4.94. The highest BCUT2D eigenvalue weighted by Gasteiger charge is 2.16. The molecule has 0 fully saturated rings. The van der Waals surface area contributed by atoms with Crippen molar-refractivity contribution in [1.82, 2.24) is 9.78 Å². The molecule has 3 nitrogen and oxygen atoms in total. The molecule has 0 saturated carbocycles. The van der Waals surface area contributed by atoms with Gasteiger partial charge in [0.25, 0.3) is 0 Å². The van der Waals surface area contributed by atoms with E-state index in [1.54, 1.807) is 11.3 Å². The third kappa shape index (κ3) is 2.99. The van der Waals surface area contributed by atoms with E-state index in [4.69, 9.17) is 5.73 Å². The third-order valence-corrected chi connectivity index (χ3v) is 4.87. The quantitative estimate of drug-likeness (QED) is 0.875. The highest BCUT2D eigenvalue weighted by atomic mass is 79.9. The molecule has 2 rings (SSSR count). The normalized spacial score (nSPS) is 12.9. The molecule has 6 heteroatoms. The topological polar surface area (TPSA) is 43.8 Å². The average molecular weight is 379 g/mol. The van der Waals surface area contributed by atoms with E-state index >= 15 is 0 Å². The van der Waals surface area contributed by atoms with Crippen molar-refractivity contribution in [3.63, 3.8) is 0 Å². The zero-order chi connectivity index (χ0) is 12.4. The second-order valence-corrected chi connectivity index (χ2v) is 7.54. The van der Waals surface area contributed by atoms with Gasteiger partial charge in [-0.05, 0) is 49.9 Å².